The number of halogens is 2. The molecule has 0 unspecified atom stereocenters. The van der Waals surface area contributed by atoms with E-state index in [1.165, 1.54) is 24.8 Å². The fourth-order valence-electron chi connectivity index (χ4n) is 4.82. The van der Waals surface area contributed by atoms with Gasteiger partial charge in [-0.3, -0.25) is 4.79 Å². The Kier molecular flexibility index (Phi) is 7.50. The second-order valence-corrected chi connectivity index (χ2v) is 9.82. The van der Waals surface area contributed by atoms with Crippen LogP contribution in [-0.2, 0) is 9.53 Å². The highest BCUT2D eigenvalue weighted by Crippen LogP contribution is 2.36. The van der Waals surface area contributed by atoms with Gasteiger partial charge >= 0.3 is 0 Å². The van der Waals surface area contributed by atoms with E-state index < -0.39 is 5.82 Å². The lowest BCUT2D eigenvalue weighted by molar-refractivity contribution is -0.129. The van der Waals surface area contributed by atoms with Crippen molar-refractivity contribution in [3.8, 4) is 11.5 Å². The Labute approximate surface area is 244 Å². The number of ether oxygens (including phenoxy) is 2. The molecular formula is C28H25ClFN9O3. The van der Waals surface area contributed by atoms with E-state index in [0.717, 1.165) is 0 Å². The lowest BCUT2D eigenvalue weighted by Gasteiger charge is -2.41. The number of nitrogens with zero attached hydrogens (tertiary/aromatic N) is 8. The zero-order chi connectivity index (χ0) is 29.2. The summed E-state index contributed by atoms with van der Waals surface area (Å²) >= 11 is 6.37. The quantitative estimate of drug-likeness (QED) is 0.263. The molecule has 0 radical (unpaired) electrons. The van der Waals surface area contributed by atoms with E-state index in [9.17, 15) is 4.79 Å². The predicted molar refractivity (Wildman–Crippen MR) is 155 cm³/mol. The predicted octanol–water partition coefficient (Wildman–Crippen LogP) is 4.25. The largest absolute Gasteiger partial charge is 0.455 e. The SMILES string of the molecule is C=CC(=O)N1CCN(c2ccc3ncnc(Nc4ccc(Oc5ccn6ncnc6c5)c(Cl)c4F)c3n2)C[C@@H]1COC. The number of carbonyl (C=O) groups is 1. The number of amides is 1. The van der Waals surface area contributed by atoms with Crippen molar-refractivity contribution >= 4 is 51.5 Å². The maximum absolute atomic E-state index is 15.4. The summed E-state index contributed by atoms with van der Waals surface area (Å²) in [5, 5.41) is 6.84. The first-order valence-electron chi connectivity index (χ1n) is 13.0. The molecule has 1 aliphatic heterocycles. The third-order valence-electron chi connectivity index (χ3n) is 6.87. The van der Waals surface area contributed by atoms with E-state index in [1.807, 2.05) is 12.1 Å². The number of anilines is 3. The van der Waals surface area contributed by atoms with Gasteiger partial charge in [0.1, 0.15) is 40.5 Å². The Hall–Kier alpha value is -4.88. The minimum atomic E-state index is -0.717. The first-order chi connectivity index (χ1) is 20.4. The summed E-state index contributed by atoms with van der Waals surface area (Å²) in [5.74, 6) is 0.674. The van der Waals surface area contributed by atoms with Gasteiger partial charge in [0.25, 0.3) is 0 Å². The topological polar surface area (TPSA) is 123 Å². The van der Waals surface area contributed by atoms with E-state index in [-0.39, 0.29) is 28.4 Å². The van der Waals surface area contributed by atoms with Crippen LogP contribution >= 0.6 is 11.6 Å². The summed E-state index contributed by atoms with van der Waals surface area (Å²) in [4.78, 5) is 33.7. The molecule has 1 aliphatic rings. The minimum absolute atomic E-state index is 0.0872. The Morgan fingerprint density at radius 3 is 2.90 bits per heavy atom. The van der Waals surface area contributed by atoms with Crippen molar-refractivity contribution in [3.63, 3.8) is 0 Å². The molecule has 1 fully saturated rings. The van der Waals surface area contributed by atoms with Crippen molar-refractivity contribution in [2.75, 3.05) is 43.6 Å². The number of nitrogens with one attached hydrogen (secondary N) is 1. The number of hydrogen-bond donors (Lipinski definition) is 1. The maximum Gasteiger partial charge on any atom is 0.246 e. The van der Waals surface area contributed by atoms with Gasteiger partial charge in [-0.15, -0.1) is 0 Å². The van der Waals surface area contributed by atoms with Gasteiger partial charge in [-0.1, -0.05) is 18.2 Å². The second kappa shape index (κ2) is 11.5. The number of carbonyl (C=O) groups excluding carboxylic acids is 1. The van der Waals surface area contributed by atoms with Crippen molar-refractivity contribution in [1.29, 1.82) is 0 Å². The van der Waals surface area contributed by atoms with Gasteiger partial charge in [0.2, 0.25) is 5.91 Å². The molecule has 1 N–H and O–H groups in total. The summed E-state index contributed by atoms with van der Waals surface area (Å²) in [6.07, 6.45) is 5.78. The molecule has 4 aromatic heterocycles. The van der Waals surface area contributed by atoms with Gasteiger partial charge in [-0.05, 0) is 36.4 Å². The molecular weight excluding hydrogens is 565 g/mol. The van der Waals surface area contributed by atoms with Crippen LogP contribution in [0, 0.1) is 5.82 Å². The second-order valence-electron chi connectivity index (χ2n) is 9.44. The Morgan fingerprint density at radius 2 is 2.07 bits per heavy atom. The van der Waals surface area contributed by atoms with E-state index in [4.69, 9.17) is 26.1 Å². The molecule has 5 heterocycles. The van der Waals surface area contributed by atoms with Crippen LogP contribution in [0.5, 0.6) is 11.5 Å². The van der Waals surface area contributed by atoms with Crippen LogP contribution in [0.2, 0.25) is 5.02 Å². The first-order valence-corrected chi connectivity index (χ1v) is 13.3. The molecule has 0 spiro atoms. The van der Waals surface area contributed by atoms with Crippen molar-refractivity contribution in [2.24, 2.45) is 0 Å². The molecule has 1 atom stereocenters. The van der Waals surface area contributed by atoms with Gasteiger partial charge in [-0.2, -0.15) is 5.10 Å². The number of fused-ring (bicyclic) bond motifs is 2. The number of aromatic nitrogens is 6. The number of benzene rings is 1. The highest BCUT2D eigenvalue weighted by molar-refractivity contribution is 6.32. The summed E-state index contributed by atoms with van der Waals surface area (Å²) in [5.41, 5.74) is 1.68. The Balaban J connectivity index is 1.25. The third-order valence-corrected chi connectivity index (χ3v) is 7.22. The van der Waals surface area contributed by atoms with Crippen LogP contribution in [0.1, 0.15) is 0 Å². The van der Waals surface area contributed by atoms with Gasteiger partial charge in [0.15, 0.2) is 17.3 Å². The molecule has 214 valence electrons. The number of pyridine rings is 2. The molecule has 0 aliphatic carbocycles. The average Bonchev–Trinajstić information content (AvgIpc) is 3.48. The summed E-state index contributed by atoms with van der Waals surface area (Å²) in [7, 11) is 1.60. The molecule has 1 amide bonds. The smallest absolute Gasteiger partial charge is 0.246 e. The average molecular weight is 590 g/mol. The number of hydrogen-bond acceptors (Lipinski definition) is 10. The monoisotopic (exact) mass is 589 g/mol. The molecule has 42 heavy (non-hydrogen) atoms. The Morgan fingerprint density at radius 1 is 1.19 bits per heavy atom. The lowest BCUT2D eigenvalue weighted by atomic mass is 10.1. The van der Waals surface area contributed by atoms with E-state index in [1.54, 1.807) is 40.9 Å². The number of rotatable bonds is 8. The fourth-order valence-corrected chi connectivity index (χ4v) is 5.03. The van der Waals surface area contributed by atoms with Crippen molar-refractivity contribution in [3.05, 3.63) is 78.7 Å². The fraction of sp³-hybridized carbons (Fsp3) is 0.214. The van der Waals surface area contributed by atoms with E-state index in [0.29, 0.717) is 60.3 Å². The van der Waals surface area contributed by atoms with E-state index in [2.05, 4.69) is 36.8 Å². The lowest BCUT2D eigenvalue weighted by Crippen LogP contribution is -2.56. The van der Waals surface area contributed by atoms with Crippen LogP contribution in [0.25, 0.3) is 16.7 Å². The molecule has 14 heteroatoms. The van der Waals surface area contributed by atoms with Crippen LogP contribution in [0.4, 0.5) is 21.7 Å². The summed E-state index contributed by atoms with van der Waals surface area (Å²) in [6.45, 7) is 5.53. The highest BCUT2D eigenvalue weighted by atomic mass is 35.5. The summed E-state index contributed by atoms with van der Waals surface area (Å²) in [6, 6.07) is 9.91. The van der Waals surface area contributed by atoms with Gasteiger partial charge < -0.3 is 24.6 Å². The van der Waals surface area contributed by atoms with Crippen LogP contribution in [-0.4, -0.2) is 79.7 Å². The molecule has 0 saturated carbocycles. The minimum Gasteiger partial charge on any atom is -0.455 e. The number of methoxy groups -OCH3 is 1. The molecule has 1 saturated heterocycles. The normalized spacial score (nSPS) is 15.3. The zero-order valence-electron chi connectivity index (χ0n) is 22.4. The third kappa shape index (κ3) is 5.27. The van der Waals surface area contributed by atoms with Crippen LogP contribution in [0.3, 0.4) is 0 Å². The molecule has 6 rings (SSSR count). The van der Waals surface area contributed by atoms with Gasteiger partial charge in [-0.25, -0.2) is 28.8 Å². The van der Waals surface area contributed by atoms with Crippen LogP contribution in [0.15, 0.2) is 67.9 Å². The number of piperazine rings is 1. The van der Waals surface area contributed by atoms with Crippen molar-refractivity contribution in [1.82, 2.24) is 34.4 Å². The first kappa shape index (κ1) is 27.3. The maximum atomic E-state index is 15.4. The van der Waals surface area contributed by atoms with Crippen molar-refractivity contribution in [2.45, 2.75) is 6.04 Å². The zero-order valence-corrected chi connectivity index (χ0v) is 23.2. The molecule has 5 aromatic rings. The summed E-state index contributed by atoms with van der Waals surface area (Å²) < 4.78 is 28.2. The highest BCUT2D eigenvalue weighted by Gasteiger charge is 2.30. The van der Waals surface area contributed by atoms with Gasteiger partial charge in [0, 0.05) is 39.0 Å². The Bertz CT molecular complexity index is 1800. The molecule has 12 nitrogen and oxygen atoms in total. The van der Waals surface area contributed by atoms with Gasteiger partial charge in [0.05, 0.1) is 23.9 Å². The van der Waals surface area contributed by atoms with E-state index >= 15 is 4.39 Å². The van der Waals surface area contributed by atoms with Crippen molar-refractivity contribution < 1.29 is 18.7 Å². The standard InChI is InChI=1S/C28H25ClFN9O3/c1-3-24(40)38-11-10-37(13-17(38)14-41-2)22-7-5-20-27(36-22)28(33-15-31-20)35-19-4-6-21(25(29)26(19)30)42-18-8-9-39-23(12-18)32-16-34-39/h3-9,12,15-17H,1,10-11,13-14H2,2H3,(H,31,33,35)/t17-/m1/s1. The molecule has 1 aromatic carbocycles. The molecule has 0 bridgehead atoms. The van der Waals surface area contributed by atoms with Crippen LogP contribution < -0.4 is 15.0 Å².